The topological polar surface area (TPSA) is 25.4 Å². The first-order valence-electron chi connectivity index (χ1n) is 5.47. The molecule has 0 fully saturated rings. The molecule has 0 aliphatic carbocycles. The van der Waals surface area contributed by atoms with Gasteiger partial charge in [-0.05, 0) is 19.9 Å². The van der Waals surface area contributed by atoms with E-state index in [0.29, 0.717) is 11.9 Å². The van der Waals surface area contributed by atoms with Gasteiger partial charge in [-0.1, -0.05) is 22.0 Å². The average Bonchev–Trinajstić information content (AvgIpc) is 2.28. The molecule has 90 valence electrons. The summed E-state index contributed by atoms with van der Waals surface area (Å²) in [6.07, 6.45) is 0. The van der Waals surface area contributed by atoms with Gasteiger partial charge in [0.1, 0.15) is 0 Å². The molecule has 0 aromatic carbocycles. The third-order valence-electron chi connectivity index (χ3n) is 2.46. The second kappa shape index (κ2) is 6.86. The molecule has 0 atom stereocenters. The summed E-state index contributed by atoms with van der Waals surface area (Å²) < 4.78 is 5.12. The normalized spacial score (nSPS) is 11.1. The molecule has 0 aliphatic heterocycles. The lowest BCUT2D eigenvalue weighted by Gasteiger charge is -2.25. The largest absolute Gasteiger partial charge is 0.481 e. The van der Waals surface area contributed by atoms with Crippen LogP contribution in [-0.2, 0) is 6.54 Å². The Kier molecular flexibility index (Phi) is 5.77. The van der Waals surface area contributed by atoms with Gasteiger partial charge >= 0.3 is 0 Å². The molecule has 0 saturated heterocycles. The van der Waals surface area contributed by atoms with Crippen LogP contribution < -0.4 is 4.74 Å². The number of methoxy groups -OCH3 is 1. The number of aromatic nitrogens is 1. The maximum atomic E-state index is 5.12. The maximum absolute atomic E-state index is 5.12. The first-order valence-corrected chi connectivity index (χ1v) is 6.59. The summed E-state index contributed by atoms with van der Waals surface area (Å²) in [5.74, 6) is 0.681. The molecular weight excluding hydrogens is 268 g/mol. The Hall–Kier alpha value is -0.610. The van der Waals surface area contributed by atoms with Crippen molar-refractivity contribution in [2.45, 2.75) is 26.4 Å². The lowest BCUT2D eigenvalue weighted by molar-refractivity contribution is 0.224. The zero-order valence-corrected chi connectivity index (χ0v) is 11.7. The van der Waals surface area contributed by atoms with E-state index in [1.165, 1.54) is 0 Å². The van der Waals surface area contributed by atoms with E-state index in [1.54, 1.807) is 7.11 Å². The third kappa shape index (κ3) is 4.10. The van der Waals surface area contributed by atoms with Crippen LogP contribution in [0.4, 0.5) is 0 Å². The van der Waals surface area contributed by atoms with Gasteiger partial charge in [0, 0.05) is 30.5 Å². The molecule has 0 saturated carbocycles. The minimum absolute atomic E-state index is 0.519. The molecule has 1 rings (SSSR count). The van der Waals surface area contributed by atoms with Crippen molar-refractivity contribution in [2.24, 2.45) is 0 Å². The summed E-state index contributed by atoms with van der Waals surface area (Å²) >= 11 is 3.47. The molecule has 0 amide bonds. The molecule has 0 unspecified atom stereocenters. The Morgan fingerprint density at radius 3 is 2.75 bits per heavy atom. The highest BCUT2D eigenvalue weighted by atomic mass is 79.9. The van der Waals surface area contributed by atoms with Gasteiger partial charge in [0.05, 0.1) is 12.8 Å². The van der Waals surface area contributed by atoms with E-state index < -0.39 is 0 Å². The van der Waals surface area contributed by atoms with Crippen LogP contribution in [0, 0.1) is 0 Å². The summed E-state index contributed by atoms with van der Waals surface area (Å²) in [4.78, 5) is 6.79. The number of rotatable bonds is 6. The van der Waals surface area contributed by atoms with Gasteiger partial charge in [0.25, 0.3) is 0 Å². The molecule has 1 aromatic heterocycles. The zero-order valence-electron chi connectivity index (χ0n) is 10.1. The predicted octanol–water partition coefficient (Wildman–Crippen LogP) is 2.70. The van der Waals surface area contributed by atoms with Crippen LogP contribution >= 0.6 is 15.9 Å². The molecule has 1 heterocycles. The fourth-order valence-corrected chi connectivity index (χ4v) is 1.95. The van der Waals surface area contributed by atoms with Crippen molar-refractivity contribution in [3.05, 3.63) is 23.9 Å². The smallest absolute Gasteiger partial charge is 0.213 e. The Labute approximate surface area is 106 Å². The van der Waals surface area contributed by atoms with Crippen LogP contribution in [0.5, 0.6) is 5.88 Å². The summed E-state index contributed by atoms with van der Waals surface area (Å²) in [5.41, 5.74) is 1.05. The van der Waals surface area contributed by atoms with E-state index in [1.807, 2.05) is 18.2 Å². The molecule has 0 spiro atoms. The first kappa shape index (κ1) is 13.5. The maximum Gasteiger partial charge on any atom is 0.213 e. The predicted molar refractivity (Wildman–Crippen MR) is 70.1 cm³/mol. The Balaban J connectivity index is 2.68. The first-order chi connectivity index (χ1) is 7.67. The average molecular weight is 287 g/mol. The molecule has 3 nitrogen and oxygen atoms in total. The van der Waals surface area contributed by atoms with E-state index >= 15 is 0 Å². The van der Waals surface area contributed by atoms with Gasteiger partial charge in [-0.2, -0.15) is 0 Å². The van der Waals surface area contributed by atoms with Gasteiger partial charge in [0.15, 0.2) is 0 Å². The molecular formula is C12H19BrN2O. The summed E-state index contributed by atoms with van der Waals surface area (Å²) in [7, 11) is 1.64. The van der Waals surface area contributed by atoms with Gasteiger partial charge in [-0.3, -0.25) is 4.90 Å². The van der Waals surface area contributed by atoms with E-state index in [9.17, 15) is 0 Å². The Morgan fingerprint density at radius 1 is 1.44 bits per heavy atom. The minimum atomic E-state index is 0.519. The van der Waals surface area contributed by atoms with Crippen molar-refractivity contribution >= 4 is 15.9 Å². The quantitative estimate of drug-likeness (QED) is 0.752. The lowest BCUT2D eigenvalue weighted by atomic mass is 10.2. The van der Waals surface area contributed by atoms with Crippen LogP contribution in [0.1, 0.15) is 19.5 Å². The third-order valence-corrected chi connectivity index (χ3v) is 2.81. The van der Waals surface area contributed by atoms with Gasteiger partial charge in [0.2, 0.25) is 5.88 Å². The number of pyridine rings is 1. The van der Waals surface area contributed by atoms with Crippen molar-refractivity contribution in [3.8, 4) is 5.88 Å². The number of nitrogens with zero attached hydrogens (tertiary/aromatic N) is 2. The highest BCUT2D eigenvalue weighted by Crippen LogP contribution is 2.11. The number of halogens is 1. The monoisotopic (exact) mass is 286 g/mol. The standard InChI is InChI=1S/C12H19BrN2O/c1-10(2)15(8-7-13)9-11-5-4-6-12(14-11)16-3/h4-6,10H,7-9H2,1-3H3. The van der Waals surface area contributed by atoms with Crippen LogP contribution in [0.3, 0.4) is 0 Å². The van der Waals surface area contributed by atoms with Crippen LogP contribution in [0.25, 0.3) is 0 Å². The number of ether oxygens (including phenoxy) is 1. The van der Waals surface area contributed by atoms with E-state index in [4.69, 9.17) is 4.74 Å². The molecule has 1 aromatic rings. The highest BCUT2D eigenvalue weighted by molar-refractivity contribution is 9.09. The zero-order chi connectivity index (χ0) is 12.0. The summed E-state index contributed by atoms with van der Waals surface area (Å²) in [6.45, 7) is 6.28. The molecule has 0 bridgehead atoms. The van der Waals surface area contributed by atoms with Crippen molar-refractivity contribution in [3.63, 3.8) is 0 Å². The van der Waals surface area contributed by atoms with Gasteiger partial charge < -0.3 is 4.74 Å². The summed E-state index contributed by atoms with van der Waals surface area (Å²) in [5, 5.41) is 0.981. The van der Waals surface area contributed by atoms with Crippen LogP contribution in [0.15, 0.2) is 18.2 Å². The van der Waals surface area contributed by atoms with Crippen molar-refractivity contribution in [1.82, 2.24) is 9.88 Å². The Morgan fingerprint density at radius 2 is 2.19 bits per heavy atom. The van der Waals surface area contributed by atoms with Crippen LogP contribution in [0.2, 0.25) is 0 Å². The molecule has 4 heteroatoms. The number of hydrogen-bond acceptors (Lipinski definition) is 3. The molecule has 0 N–H and O–H groups in total. The number of hydrogen-bond donors (Lipinski definition) is 0. The molecule has 0 aliphatic rings. The van der Waals surface area contributed by atoms with Crippen LogP contribution in [-0.4, -0.2) is 34.9 Å². The highest BCUT2D eigenvalue weighted by Gasteiger charge is 2.10. The van der Waals surface area contributed by atoms with E-state index in [-0.39, 0.29) is 0 Å². The van der Waals surface area contributed by atoms with Crippen molar-refractivity contribution in [1.29, 1.82) is 0 Å². The number of alkyl halides is 1. The molecule has 0 radical (unpaired) electrons. The summed E-state index contributed by atoms with van der Waals surface area (Å²) in [6, 6.07) is 6.40. The fourth-order valence-electron chi connectivity index (χ4n) is 1.50. The molecule has 16 heavy (non-hydrogen) atoms. The Bertz CT molecular complexity index is 318. The lowest BCUT2D eigenvalue weighted by Crippen LogP contribution is -2.32. The van der Waals surface area contributed by atoms with Crippen molar-refractivity contribution < 1.29 is 4.74 Å². The fraction of sp³-hybridized carbons (Fsp3) is 0.583. The van der Waals surface area contributed by atoms with Gasteiger partial charge in [-0.25, -0.2) is 4.98 Å². The second-order valence-electron chi connectivity index (χ2n) is 3.92. The second-order valence-corrected chi connectivity index (χ2v) is 4.72. The minimum Gasteiger partial charge on any atom is -0.481 e. The van der Waals surface area contributed by atoms with E-state index in [0.717, 1.165) is 24.1 Å². The van der Waals surface area contributed by atoms with Gasteiger partial charge in [-0.15, -0.1) is 0 Å². The SMILES string of the molecule is COc1cccc(CN(CCBr)C(C)C)n1. The van der Waals surface area contributed by atoms with E-state index in [2.05, 4.69) is 39.7 Å². The van der Waals surface area contributed by atoms with Crippen molar-refractivity contribution in [2.75, 3.05) is 19.0 Å².